The van der Waals surface area contributed by atoms with Gasteiger partial charge in [-0.3, -0.25) is 4.90 Å². The monoisotopic (exact) mass is 320 g/mol. The molecule has 1 amide bonds. The van der Waals surface area contributed by atoms with Crippen molar-refractivity contribution in [1.29, 1.82) is 0 Å². The summed E-state index contributed by atoms with van der Waals surface area (Å²) in [5, 5.41) is 12.4. The molecule has 0 saturated carbocycles. The van der Waals surface area contributed by atoms with Crippen molar-refractivity contribution in [2.75, 3.05) is 19.7 Å². The summed E-state index contributed by atoms with van der Waals surface area (Å²) in [6.45, 7) is 7.99. The van der Waals surface area contributed by atoms with Gasteiger partial charge in [0.1, 0.15) is 5.60 Å². The van der Waals surface area contributed by atoms with Crippen LogP contribution in [0.1, 0.15) is 32.8 Å². The van der Waals surface area contributed by atoms with Crippen molar-refractivity contribution in [1.82, 2.24) is 10.2 Å². The number of amides is 1. The highest BCUT2D eigenvalue weighted by atomic mass is 16.6. The standard InChI is InChI=1S/C18H28N2O3/c1-18(2,3)23-17(22)19-10-15-9-16(13-21)20(12-15)11-14-7-5-4-6-8-14/h4-8,15-16,21H,9-13H2,1-3H3,(H,19,22)/t15-,16+/m1/s1. The van der Waals surface area contributed by atoms with E-state index in [0.29, 0.717) is 12.5 Å². The molecule has 0 bridgehead atoms. The van der Waals surface area contributed by atoms with Gasteiger partial charge in [0.05, 0.1) is 6.61 Å². The van der Waals surface area contributed by atoms with Crippen LogP contribution in [0.25, 0.3) is 0 Å². The van der Waals surface area contributed by atoms with E-state index in [2.05, 4.69) is 22.3 Å². The lowest BCUT2D eigenvalue weighted by atomic mass is 10.1. The number of aliphatic hydroxyl groups excluding tert-OH is 1. The third-order valence-electron chi connectivity index (χ3n) is 3.99. The van der Waals surface area contributed by atoms with Gasteiger partial charge in [-0.05, 0) is 38.7 Å². The fraction of sp³-hybridized carbons (Fsp3) is 0.611. The van der Waals surface area contributed by atoms with E-state index in [0.717, 1.165) is 19.5 Å². The molecular formula is C18H28N2O3. The van der Waals surface area contributed by atoms with Crippen molar-refractivity contribution >= 4 is 6.09 Å². The molecule has 0 aromatic heterocycles. The summed E-state index contributed by atoms with van der Waals surface area (Å²) in [6, 6.07) is 10.4. The number of rotatable bonds is 5. The van der Waals surface area contributed by atoms with E-state index >= 15 is 0 Å². The van der Waals surface area contributed by atoms with Crippen LogP contribution in [0.3, 0.4) is 0 Å². The molecule has 0 unspecified atom stereocenters. The first-order valence-electron chi connectivity index (χ1n) is 8.23. The van der Waals surface area contributed by atoms with Crippen molar-refractivity contribution < 1.29 is 14.6 Å². The van der Waals surface area contributed by atoms with Gasteiger partial charge in [-0.2, -0.15) is 0 Å². The van der Waals surface area contributed by atoms with Gasteiger partial charge >= 0.3 is 6.09 Å². The predicted octanol–water partition coefficient (Wildman–Crippen LogP) is 2.39. The van der Waals surface area contributed by atoms with Crippen molar-refractivity contribution in [3.63, 3.8) is 0 Å². The number of aliphatic hydroxyl groups is 1. The number of nitrogens with one attached hydrogen (secondary N) is 1. The highest BCUT2D eigenvalue weighted by molar-refractivity contribution is 5.67. The summed E-state index contributed by atoms with van der Waals surface area (Å²) in [5.41, 5.74) is 0.763. The van der Waals surface area contributed by atoms with Gasteiger partial charge in [-0.25, -0.2) is 4.79 Å². The number of hydrogen-bond acceptors (Lipinski definition) is 4. The Morgan fingerprint density at radius 2 is 2.04 bits per heavy atom. The average molecular weight is 320 g/mol. The van der Waals surface area contributed by atoms with Crippen LogP contribution < -0.4 is 5.32 Å². The van der Waals surface area contributed by atoms with Gasteiger partial charge in [0.2, 0.25) is 0 Å². The quantitative estimate of drug-likeness (QED) is 0.874. The Morgan fingerprint density at radius 1 is 1.35 bits per heavy atom. The maximum Gasteiger partial charge on any atom is 0.407 e. The molecule has 1 heterocycles. The van der Waals surface area contributed by atoms with E-state index in [1.54, 1.807) is 0 Å². The molecule has 1 aliphatic heterocycles. The largest absolute Gasteiger partial charge is 0.444 e. The summed E-state index contributed by atoms with van der Waals surface area (Å²) >= 11 is 0. The maximum atomic E-state index is 11.7. The molecule has 1 fully saturated rings. The summed E-state index contributed by atoms with van der Waals surface area (Å²) in [5.74, 6) is 0.336. The van der Waals surface area contributed by atoms with E-state index in [-0.39, 0.29) is 18.7 Å². The Hall–Kier alpha value is -1.59. The minimum atomic E-state index is -0.479. The van der Waals surface area contributed by atoms with Crippen LogP contribution in [0.5, 0.6) is 0 Å². The van der Waals surface area contributed by atoms with Gasteiger partial charge in [0, 0.05) is 25.7 Å². The van der Waals surface area contributed by atoms with Crippen molar-refractivity contribution in [2.24, 2.45) is 5.92 Å². The first kappa shape index (κ1) is 17.8. The number of carbonyl (C=O) groups excluding carboxylic acids is 1. The van der Waals surface area contributed by atoms with E-state index < -0.39 is 5.60 Å². The minimum absolute atomic E-state index is 0.149. The number of ether oxygens (including phenoxy) is 1. The SMILES string of the molecule is CC(C)(C)OC(=O)NC[C@H]1C[C@@H](CO)N(Cc2ccccc2)C1. The Labute approximate surface area is 138 Å². The molecule has 0 spiro atoms. The number of alkyl carbamates (subject to hydrolysis) is 1. The van der Waals surface area contributed by atoms with Gasteiger partial charge in [0.15, 0.2) is 0 Å². The van der Waals surface area contributed by atoms with E-state index in [1.165, 1.54) is 5.56 Å². The molecule has 5 nitrogen and oxygen atoms in total. The molecule has 1 saturated heterocycles. The first-order chi connectivity index (χ1) is 10.9. The number of hydrogen-bond donors (Lipinski definition) is 2. The highest BCUT2D eigenvalue weighted by Crippen LogP contribution is 2.24. The Kier molecular flexibility index (Phi) is 6.02. The van der Waals surface area contributed by atoms with E-state index in [9.17, 15) is 9.90 Å². The summed E-state index contributed by atoms with van der Waals surface area (Å²) in [4.78, 5) is 14.0. The van der Waals surface area contributed by atoms with Crippen molar-refractivity contribution in [3.8, 4) is 0 Å². The number of benzene rings is 1. The van der Waals surface area contributed by atoms with Gasteiger partial charge in [-0.15, -0.1) is 0 Å². The van der Waals surface area contributed by atoms with Crippen LogP contribution in [0.4, 0.5) is 4.79 Å². The minimum Gasteiger partial charge on any atom is -0.444 e. The second kappa shape index (κ2) is 7.79. The van der Waals surface area contributed by atoms with Crippen LogP contribution in [0.2, 0.25) is 0 Å². The molecule has 23 heavy (non-hydrogen) atoms. The van der Waals surface area contributed by atoms with Crippen LogP contribution >= 0.6 is 0 Å². The van der Waals surface area contributed by atoms with Crippen LogP contribution in [0, 0.1) is 5.92 Å². The van der Waals surface area contributed by atoms with Crippen molar-refractivity contribution in [2.45, 2.75) is 45.4 Å². The van der Waals surface area contributed by atoms with Crippen LogP contribution in [-0.2, 0) is 11.3 Å². The third kappa shape index (κ3) is 5.84. The van der Waals surface area contributed by atoms with Crippen LogP contribution in [0.15, 0.2) is 30.3 Å². The molecule has 0 aliphatic carbocycles. The average Bonchev–Trinajstić information content (AvgIpc) is 2.86. The molecule has 2 N–H and O–H groups in total. The molecule has 2 atom stereocenters. The Bertz CT molecular complexity index is 499. The van der Waals surface area contributed by atoms with E-state index in [4.69, 9.17) is 4.74 Å². The highest BCUT2D eigenvalue weighted by Gasteiger charge is 2.31. The smallest absolute Gasteiger partial charge is 0.407 e. The second-order valence-corrected chi connectivity index (χ2v) is 7.24. The molecule has 5 heteroatoms. The second-order valence-electron chi connectivity index (χ2n) is 7.24. The molecule has 1 aromatic carbocycles. The predicted molar refractivity (Wildman–Crippen MR) is 90.1 cm³/mol. The topological polar surface area (TPSA) is 61.8 Å². The molecule has 128 valence electrons. The van der Waals surface area contributed by atoms with Crippen molar-refractivity contribution in [3.05, 3.63) is 35.9 Å². The lowest BCUT2D eigenvalue weighted by molar-refractivity contribution is 0.0519. The molecule has 0 radical (unpaired) electrons. The maximum absolute atomic E-state index is 11.7. The fourth-order valence-corrected chi connectivity index (χ4v) is 2.98. The molecule has 2 rings (SSSR count). The van der Waals surface area contributed by atoms with Crippen LogP contribution in [-0.4, -0.2) is 47.4 Å². The van der Waals surface area contributed by atoms with Gasteiger partial charge in [-0.1, -0.05) is 30.3 Å². The lowest BCUT2D eigenvalue weighted by Crippen LogP contribution is -2.36. The molecule has 1 aromatic rings. The van der Waals surface area contributed by atoms with Gasteiger partial charge < -0.3 is 15.2 Å². The summed E-state index contributed by atoms with van der Waals surface area (Å²) in [6.07, 6.45) is 0.513. The molecular weight excluding hydrogens is 292 g/mol. The zero-order valence-electron chi connectivity index (χ0n) is 14.3. The normalized spacial score (nSPS) is 22.1. The number of likely N-dealkylation sites (tertiary alicyclic amines) is 1. The molecule has 1 aliphatic rings. The number of carbonyl (C=O) groups is 1. The summed E-state index contributed by atoms with van der Waals surface area (Å²) < 4.78 is 5.26. The van der Waals surface area contributed by atoms with Gasteiger partial charge in [0.25, 0.3) is 0 Å². The fourth-order valence-electron chi connectivity index (χ4n) is 2.98. The zero-order chi connectivity index (χ0) is 16.9. The van der Waals surface area contributed by atoms with E-state index in [1.807, 2.05) is 39.0 Å². The third-order valence-corrected chi connectivity index (χ3v) is 3.99. The Morgan fingerprint density at radius 3 is 2.65 bits per heavy atom. The zero-order valence-corrected chi connectivity index (χ0v) is 14.3. The Balaban J connectivity index is 1.83. The number of nitrogens with zero attached hydrogens (tertiary/aromatic N) is 1. The first-order valence-corrected chi connectivity index (χ1v) is 8.23. The summed E-state index contributed by atoms with van der Waals surface area (Å²) in [7, 11) is 0. The lowest BCUT2D eigenvalue weighted by Gasteiger charge is -2.22.